The number of ether oxygens (including phenoxy) is 1. The summed E-state index contributed by atoms with van der Waals surface area (Å²) >= 11 is 0. The summed E-state index contributed by atoms with van der Waals surface area (Å²) in [7, 11) is 0. The van der Waals surface area contributed by atoms with Crippen LogP contribution in [-0.4, -0.2) is 59.4 Å². The van der Waals surface area contributed by atoms with Crippen molar-refractivity contribution >= 4 is 28.7 Å². The number of pyridine rings is 1. The van der Waals surface area contributed by atoms with Gasteiger partial charge in [-0.1, -0.05) is 0 Å². The van der Waals surface area contributed by atoms with Crippen LogP contribution in [0, 0.1) is 5.82 Å². The van der Waals surface area contributed by atoms with Crippen LogP contribution in [0.1, 0.15) is 25.3 Å². The maximum atomic E-state index is 15.0. The van der Waals surface area contributed by atoms with Gasteiger partial charge in [0, 0.05) is 45.2 Å². The second-order valence-corrected chi connectivity index (χ2v) is 7.69. The molecule has 30 heavy (non-hydrogen) atoms. The van der Waals surface area contributed by atoms with E-state index in [1.165, 1.54) is 12.3 Å². The zero-order valence-corrected chi connectivity index (χ0v) is 16.3. The molecule has 2 aliphatic rings. The third-order valence-electron chi connectivity index (χ3n) is 5.59. The second-order valence-electron chi connectivity index (χ2n) is 7.69. The summed E-state index contributed by atoms with van der Waals surface area (Å²) in [6, 6.07) is 2.96. The number of benzene rings is 1. The standard InChI is InChI=1S/C20H23FN4O5/c21-14-9-13-15(25(12-1-2-12)11-17(19(13)27)30-20(28)29)10-16(14)24-7-5-23(6-8-24)4-3-18(22)26/h9-12H,1-8H2,(H2,22,26)(H,28,29). The minimum absolute atomic E-state index is 0.0991. The number of hydrogen-bond acceptors (Lipinski definition) is 6. The van der Waals surface area contributed by atoms with Crippen LogP contribution in [0.2, 0.25) is 0 Å². The smallest absolute Gasteiger partial charge is 0.449 e. The number of carbonyl (C=O) groups is 2. The summed E-state index contributed by atoms with van der Waals surface area (Å²) < 4.78 is 21.4. The Bertz CT molecular complexity index is 1060. The molecule has 1 saturated carbocycles. The van der Waals surface area contributed by atoms with Crippen molar-refractivity contribution in [1.29, 1.82) is 0 Å². The van der Waals surface area contributed by atoms with Crippen molar-refractivity contribution in [2.75, 3.05) is 37.6 Å². The lowest BCUT2D eigenvalue weighted by Crippen LogP contribution is -2.47. The normalized spacial score (nSPS) is 17.3. The molecule has 9 nitrogen and oxygen atoms in total. The van der Waals surface area contributed by atoms with Crippen molar-refractivity contribution in [3.8, 4) is 5.75 Å². The highest BCUT2D eigenvalue weighted by atomic mass is 19.1. The number of primary amides is 1. The zero-order valence-electron chi connectivity index (χ0n) is 16.3. The summed E-state index contributed by atoms with van der Waals surface area (Å²) in [6.45, 7) is 3.08. The van der Waals surface area contributed by atoms with Crippen LogP contribution in [0.3, 0.4) is 0 Å². The third kappa shape index (κ3) is 4.09. The molecule has 0 spiro atoms. The number of aromatic nitrogens is 1. The van der Waals surface area contributed by atoms with Crippen LogP contribution >= 0.6 is 0 Å². The molecule has 1 aliphatic carbocycles. The molecule has 160 valence electrons. The van der Waals surface area contributed by atoms with E-state index in [0.717, 1.165) is 12.8 Å². The minimum atomic E-state index is -1.58. The molecule has 1 aromatic heterocycles. The molecule has 0 unspecified atom stereocenters. The van der Waals surface area contributed by atoms with Gasteiger partial charge in [-0.2, -0.15) is 0 Å². The first-order chi connectivity index (χ1) is 14.3. The average Bonchev–Trinajstić information content (AvgIpc) is 3.54. The molecule has 1 aliphatic heterocycles. The van der Waals surface area contributed by atoms with E-state index >= 15 is 0 Å². The number of carboxylic acid groups (broad SMARTS) is 1. The Balaban J connectivity index is 1.65. The lowest BCUT2D eigenvalue weighted by atomic mass is 10.1. The van der Waals surface area contributed by atoms with Crippen molar-refractivity contribution in [3.05, 3.63) is 34.4 Å². The quantitative estimate of drug-likeness (QED) is 0.683. The fourth-order valence-corrected chi connectivity index (χ4v) is 3.88. The van der Waals surface area contributed by atoms with E-state index in [-0.39, 0.29) is 23.1 Å². The SMILES string of the molecule is NC(=O)CCN1CCN(c2cc3c(cc2F)c(=O)c(OC(=O)O)cn3C2CC2)CC1. The zero-order chi connectivity index (χ0) is 21.4. The third-order valence-corrected chi connectivity index (χ3v) is 5.59. The van der Waals surface area contributed by atoms with E-state index in [4.69, 9.17) is 10.8 Å². The van der Waals surface area contributed by atoms with Crippen LogP contribution in [0.15, 0.2) is 23.1 Å². The highest BCUT2D eigenvalue weighted by molar-refractivity contribution is 5.85. The predicted octanol–water partition coefficient (Wildman–Crippen LogP) is 1.53. The first-order valence-electron chi connectivity index (χ1n) is 9.88. The molecular formula is C20H23FN4O5. The molecule has 1 saturated heterocycles. The van der Waals surface area contributed by atoms with E-state index in [1.807, 2.05) is 4.90 Å². The molecule has 4 rings (SSSR count). The van der Waals surface area contributed by atoms with E-state index < -0.39 is 17.4 Å². The molecule has 3 N–H and O–H groups in total. The van der Waals surface area contributed by atoms with Crippen LogP contribution in [0.4, 0.5) is 14.9 Å². The number of rotatable bonds is 6. The van der Waals surface area contributed by atoms with E-state index in [1.54, 1.807) is 10.6 Å². The number of piperazine rings is 1. The maximum absolute atomic E-state index is 15.0. The van der Waals surface area contributed by atoms with Crippen molar-refractivity contribution in [2.24, 2.45) is 5.73 Å². The number of hydrogen-bond donors (Lipinski definition) is 2. The first-order valence-corrected chi connectivity index (χ1v) is 9.88. The molecule has 1 amide bonds. The molecule has 0 radical (unpaired) electrons. The maximum Gasteiger partial charge on any atom is 0.511 e. The van der Waals surface area contributed by atoms with Crippen molar-refractivity contribution in [2.45, 2.75) is 25.3 Å². The first kappa shape index (κ1) is 20.1. The molecule has 1 aromatic carbocycles. The number of nitrogens with two attached hydrogens (primary N) is 1. The van der Waals surface area contributed by atoms with Gasteiger partial charge < -0.3 is 25.0 Å². The summed E-state index contributed by atoms with van der Waals surface area (Å²) in [6.07, 6.45) is 1.91. The van der Waals surface area contributed by atoms with Crippen LogP contribution in [0.5, 0.6) is 5.75 Å². The number of nitrogens with zero attached hydrogens (tertiary/aromatic N) is 3. The molecule has 0 bridgehead atoms. The van der Waals surface area contributed by atoms with Crippen LogP contribution in [0.25, 0.3) is 10.9 Å². The van der Waals surface area contributed by atoms with Gasteiger partial charge in [-0.15, -0.1) is 0 Å². The van der Waals surface area contributed by atoms with E-state index in [2.05, 4.69) is 9.64 Å². The predicted molar refractivity (Wildman–Crippen MR) is 108 cm³/mol. The van der Waals surface area contributed by atoms with Crippen molar-refractivity contribution in [3.63, 3.8) is 0 Å². The largest absolute Gasteiger partial charge is 0.511 e. The highest BCUT2D eigenvalue weighted by Crippen LogP contribution is 2.39. The Kier molecular flexibility index (Phi) is 5.33. The van der Waals surface area contributed by atoms with Gasteiger partial charge in [0.2, 0.25) is 11.3 Å². The molecular weight excluding hydrogens is 395 g/mol. The number of anilines is 1. The Morgan fingerprint density at radius 2 is 1.90 bits per heavy atom. The van der Waals surface area contributed by atoms with Gasteiger partial charge >= 0.3 is 6.16 Å². The molecule has 10 heteroatoms. The molecule has 2 aromatic rings. The Morgan fingerprint density at radius 1 is 1.20 bits per heavy atom. The molecule has 2 fully saturated rings. The van der Waals surface area contributed by atoms with Gasteiger partial charge in [-0.25, -0.2) is 9.18 Å². The lowest BCUT2D eigenvalue weighted by Gasteiger charge is -2.36. The van der Waals surface area contributed by atoms with Gasteiger partial charge in [-0.05, 0) is 25.0 Å². The fourth-order valence-electron chi connectivity index (χ4n) is 3.88. The highest BCUT2D eigenvalue weighted by Gasteiger charge is 2.28. The Hall–Kier alpha value is -3.14. The average molecular weight is 418 g/mol. The number of fused-ring (bicyclic) bond motifs is 1. The van der Waals surface area contributed by atoms with Crippen LogP contribution in [-0.2, 0) is 4.79 Å². The Morgan fingerprint density at radius 3 is 2.50 bits per heavy atom. The number of carbonyl (C=O) groups excluding carboxylic acids is 1. The monoisotopic (exact) mass is 418 g/mol. The lowest BCUT2D eigenvalue weighted by molar-refractivity contribution is -0.118. The van der Waals surface area contributed by atoms with Gasteiger partial charge in [0.15, 0.2) is 5.75 Å². The van der Waals surface area contributed by atoms with E-state index in [9.17, 15) is 18.8 Å². The molecule has 2 heterocycles. The summed E-state index contributed by atoms with van der Waals surface area (Å²) in [4.78, 5) is 38.5. The summed E-state index contributed by atoms with van der Waals surface area (Å²) in [5, 5.41) is 8.99. The van der Waals surface area contributed by atoms with Gasteiger partial charge in [0.1, 0.15) is 5.82 Å². The number of halogens is 1. The van der Waals surface area contributed by atoms with E-state index in [0.29, 0.717) is 50.3 Å². The molecule has 0 atom stereocenters. The summed E-state index contributed by atoms with van der Waals surface area (Å²) in [5.41, 5.74) is 5.52. The fraction of sp³-hybridized carbons (Fsp3) is 0.450. The van der Waals surface area contributed by atoms with Gasteiger partial charge in [0.05, 0.1) is 22.8 Å². The van der Waals surface area contributed by atoms with Gasteiger partial charge in [-0.3, -0.25) is 14.5 Å². The topological polar surface area (TPSA) is 118 Å². The summed E-state index contributed by atoms with van der Waals surface area (Å²) in [5.74, 6) is -1.21. The van der Waals surface area contributed by atoms with Crippen molar-refractivity contribution < 1.29 is 23.8 Å². The second kappa shape index (κ2) is 7.94. The van der Waals surface area contributed by atoms with Crippen molar-refractivity contribution in [1.82, 2.24) is 9.47 Å². The Labute approximate surface area is 171 Å². The van der Waals surface area contributed by atoms with Crippen LogP contribution < -0.4 is 20.8 Å². The minimum Gasteiger partial charge on any atom is -0.449 e. The van der Waals surface area contributed by atoms with Gasteiger partial charge in [0.25, 0.3) is 0 Å². The number of amides is 1.